The van der Waals surface area contributed by atoms with E-state index in [1.165, 1.54) is 4.90 Å². The van der Waals surface area contributed by atoms with Crippen LogP contribution in [-0.4, -0.2) is 40.1 Å². The average Bonchev–Trinajstić information content (AvgIpc) is 3.52. The summed E-state index contributed by atoms with van der Waals surface area (Å²) in [7, 11) is -0.963. The highest BCUT2D eigenvalue weighted by Gasteiger charge is 2.56. The van der Waals surface area contributed by atoms with E-state index < -0.39 is 13.0 Å². The summed E-state index contributed by atoms with van der Waals surface area (Å²) in [6.45, 7) is 4.46. The predicted octanol–water partition coefficient (Wildman–Crippen LogP) is 5.81. The quantitative estimate of drug-likeness (QED) is 0.234. The van der Waals surface area contributed by atoms with E-state index in [2.05, 4.69) is 19.9 Å². The Labute approximate surface area is 232 Å². The van der Waals surface area contributed by atoms with Gasteiger partial charge in [-0.2, -0.15) is 0 Å². The van der Waals surface area contributed by atoms with Crippen LogP contribution in [0.4, 0.5) is 0 Å². The summed E-state index contributed by atoms with van der Waals surface area (Å²) in [5.41, 5.74) is 4.42. The minimum Gasteiger partial charge on any atom is -0.507 e. The molecule has 0 bridgehead atoms. The summed E-state index contributed by atoms with van der Waals surface area (Å²) in [4.78, 5) is 29.3. The van der Waals surface area contributed by atoms with Crippen molar-refractivity contribution in [2.45, 2.75) is 52.1 Å². The van der Waals surface area contributed by atoms with Crippen LogP contribution in [0.15, 0.2) is 70.6 Å². The number of allylic oxidation sites excluding steroid dienone is 2. The topological polar surface area (TPSA) is 87.1 Å². The van der Waals surface area contributed by atoms with Gasteiger partial charge in [0.2, 0.25) is 11.8 Å². The van der Waals surface area contributed by atoms with Gasteiger partial charge in [-0.1, -0.05) is 53.6 Å². The highest BCUT2D eigenvalue weighted by molar-refractivity contribution is 7.09. The molecule has 0 spiro atoms. The predicted molar refractivity (Wildman–Crippen MR) is 154 cm³/mol. The number of likely N-dealkylation sites (tertiary alicyclic amines) is 1. The third-order valence-corrected chi connectivity index (χ3v) is 9.44. The summed E-state index contributed by atoms with van der Waals surface area (Å²) >= 11 is 1.55. The van der Waals surface area contributed by atoms with Gasteiger partial charge in [0.15, 0.2) is 0 Å². The number of nitrogens with zero attached hydrogens (tertiary/aromatic N) is 1. The van der Waals surface area contributed by atoms with Crippen LogP contribution in [0.2, 0.25) is 6.32 Å². The molecule has 2 aromatic carbocycles. The summed E-state index contributed by atoms with van der Waals surface area (Å²) < 4.78 is 6.06. The van der Waals surface area contributed by atoms with Crippen LogP contribution in [0, 0.1) is 17.8 Å². The highest BCUT2D eigenvalue weighted by Crippen LogP contribution is 2.50. The first-order valence-corrected chi connectivity index (χ1v) is 14.5. The first-order chi connectivity index (χ1) is 18.8. The Balaban J connectivity index is 1.22. The molecule has 6 nitrogen and oxygen atoms in total. The van der Waals surface area contributed by atoms with Crippen molar-refractivity contribution in [1.82, 2.24) is 4.90 Å². The molecule has 39 heavy (non-hydrogen) atoms. The summed E-state index contributed by atoms with van der Waals surface area (Å²) in [6, 6.07) is 15.3. The zero-order chi connectivity index (χ0) is 27.3. The van der Waals surface area contributed by atoms with Gasteiger partial charge in [-0.3, -0.25) is 14.5 Å². The Morgan fingerprint density at radius 3 is 2.67 bits per heavy atom. The lowest BCUT2D eigenvalue weighted by atomic mass is 9.59. The summed E-state index contributed by atoms with van der Waals surface area (Å²) in [5, 5.41) is 24.7. The van der Waals surface area contributed by atoms with E-state index in [0.717, 1.165) is 44.4 Å². The molecular formula is C31H32BNO5S. The van der Waals surface area contributed by atoms with E-state index in [1.807, 2.05) is 47.8 Å². The van der Waals surface area contributed by atoms with Gasteiger partial charge in [-0.25, -0.2) is 0 Å². The lowest BCUT2D eigenvalue weighted by Gasteiger charge is -2.42. The van der Waals surface area contributed by atoms with E-state index in [9.17, 15) is 19.7 Å². The van der Waals surface area contributed by atoms with Gasteiger partial charge >= 0.3 is 7.12 Å². The third-order valence-electron chi connectivity index (χ3n) is 8.58. The zero-order valence-corrected chi connectivity index (χ0v) is 23.0. The van der Waals surface area contributed by atoms with E-state index in [4.69, 9.17) is 4.65 Å². The molecule has 200 valence electrons. The van der Waals surface area contributed by atoms with Crippen LogP contribution in [0.5, 0.6) is 5.75 Å². The second-order valence-electron chi connectivity index (χ2n) is 11.1. The van der Waals surface area contributed by atoms with Gasteiger partial charge in [0, 0.05) is 10.3 Å². The molecule has 2 aliphatic heterocycles. The SMILES string of the molecule is CC1=C2[C@@H](CC/C(C)=C/c3ccc(O)c4ccccc34)OB(O)C[C@@H]2[C@@H]2C(=O)N(Cc3cccs3)C(=O)[C@@H]2C1. The number of phenols is 1. The molecule has 3 heterocycles. The molecule has 1 aliphatic carbocycles. The lowest BCUT2D eigenvalue weighted by molar-refractivity contribution is -0.140. The largest absolute Gasteiger partial charge is 0.507 e. The molecule has 0 radical (unpaired) electrons. The average molecular weight is 541 g/mol. The number of imide groups is 1. The lowest BCUT2D eigenvalue weighted by Crippen LogP contribution is -2.46. The van der Waals surface area contributed by atoms with Gasteiger partial charge in [0.1, 0.15) is 5.75 Å². The van der Waals surface area contributed by atoms with Crippen molar-refractivity contribution >= 4 is 47.1 Å². The van der Waals surface area contributed by atoms with Crippen molar-refractivity contribution in [3.05, 3.63) is 81.1 Å². The Bertz CT molecular complexity index is 1500. The molecular weight excluding hydrogens is 509 g/mol. The molecule has 2 N–H and O–H groups in total. The molecule has 0 saturated carbocycles. The number of amides is 2. The Hall–Kier alpha value is -3.20. The van der Waals surface area contributed by atoms with E-state index in [0.29, 0.717) is 25.7 Å². The van der Waals surface area contributed by atoms with Crippen LogP contribution in [0.25, 0.3) is 16.8 Å². The van der Waals surface area contributed by atoms with Crippen LogP contribution < -0.4 is 0 Å². The number of carbonyl (C=O) groups is 2. The van der Waals surface area contributed by atoms with Crippen LogP contribution in [-0.2, 0) is 20.8 Å². The monoisotopic (exact) mass is 541 g/mol. The molecule has 6 rings (SSSR count). The maximum Gasteiger partial charge on any atom is 0.455 e. The van der Waals surface area contributed by atoms with Crippen LogP contribution in [0.1, 0.15) is 43.6 Å². The van der Waals surface area contributed by atoms with E-state index >= 15 is 0 Å². The number of thiophene rings is 1. The van der Waals surface area contributed by atoms with Gasteiger partial charge in [-0.05, 0) is 79.4 Å². The number of hydrogen-bond acceptors (Lipinski definition) is 6. The zero-order valence-electron chi connectivity index (χ0n) is 22.2. The highest BCUT2D eigenvalue weighted by atomic mass is 32.1. The first-order valence-electron chi connectivity index (χ1n) is 13.6. The third kappa shape index (κ3) is 4.75. The molecule has 3 aromatic rings. The number of carbonyl (C=O) groups excluding carboxylic acids is 2. The standard InChI is InChI=1S/C31H32BNO5S/c1-18(14-20-10-11-26(34)23-8-4-3-7-22(20)23)9-12-27-28-19(2)15-24-29(25(28)16-32(37)38-27)31(36)33(30(24)35)17-21-6-5-13-39-21/h3-8,10-11,13-14,24-25,27,29,34,37H,9,12,15-17H2,1-2H3/b18-14+/t24-,25+,27-,29-/m1/s1. The van der Waals surface area contributed by atoms with Crippen molar-refractivity contribution in [3.8, 4) is 5.75 Å². The van der Waals surface area contributed by atoms with Crippen molar-refractivity contribution < 1.29 is 24.4 Å². The second-order valence-corrected chi connectivity index (χ2v) is 12.1. The number of aromatic hydroxyl groups is 1. The molecule has 2 fully saturated rings. The molecule has 2 amide bonds. The second kappa shape index (κ2) is 10.4. The minimum absolute atomic E-state index is 0.0887. The van der Waals surface area contributed by atoms with Crippen molar-refractivity contribution in [2.24, 2.45) is 17.8 Å². The molecule has 1 aromatic heterocycles. The number of rotatable bonds is 6. The maximum absolute atomic E-state index is 13.6. The van der Waals surface area contributed by atoms with E-state index in [1.54, 1.807) is 17.4 Å². The molecule has 8 heteroatoms. The fraction of sp³-hybridized carbons (Fsp3) is 0.355. The number of phenolic OH excluding ortho intramolecular Hbond substituents is 1. The fourth-order valence-electron chi connectivity index (χ4n) is 6.83. The number of hydrogen-bond donors (Lipinski definition) is 2. The van der Waals surface area contributed by atoms with E-state index in [-0.39, 0.29) is 35.5 Å². The Morgan fingerprint density at radius 2 is 1.90 bits per heavy atom. The molecule has 3 aliphatic rings. The smallest absolute Gasteiger partial charge is 0.455 e. The van der Waals surface area contributed by atoms with Gasteiger partial charge in [-0.15, -0.1) is 11.3 Å². The molecule has 0 unspecified atom stereocenters. The number of benzene rings is 2. The van der Waals surface area contributed by atoms with Crippen LogP contribution >= 0.6 is 11.3 Å². The van der Waals surface area contributed by atoms with Crippen LogP contribution in [0.3, 0.4) is 0 Å². The number of fused-ring (bicyclic) bond motifs is 4. The Kier molecular flexibility index (Phi) is 6.95. The summed E-state index contributed by atoms with van der Waals surface area (Å²) in [6.07, 6.45) is 4.17. The maximum atomic E-state index is 13.6. The molecule has 4 atom stereocenters. The minimum atomic E-state index is -0.963. The first kappa shape index (κ1) is 26.0. The summed E-state index contributed by atoms with van der Waals surface area (Å²) in [5.74, 6) is -0.917. The molecule has 2 saturated heterocycles. The normalized spacial score (nSPS) is 25.5. The Morgan fingerprint density at radius 1 is 1.10 bits per heavy atom. The van der Waals surface area contributed by atoms with Crippen molar-refractivity contribution in [3.63, 3.8) is 0 Å². The van der Waals surface area contributed by atoms with Gasteiger partial charge < -0.3 is 14.8 Å². The van der Waals surface area contributed by atoms with Crippen molar-refractivity contribution in [1.29, 1.82) is 0 Å². The fourth-order valence-corrected chi connectivity index (χ4v) is 7.52. The van der Waals surface area contributed by atoms with Gasteiger partial charge in [0.25, 0.3) is 0 Å². The van der Waals surface area contributed by atoms with Crippen molar-refractivity contribution in [2.75, 3.05) is 0 Å². The van der Waals surface area contributed by atoms with Gasteiger partial charge in [0.05, 0.1) is 24.5 Å².